The molecule has 2 nitrogen and oxygen atoms in total. The van der Waals surface area contributed by atoms with Crippen molar-refractivity contribution in [1.29, 1.82) is 0 Å². The highest BCUT2D eigenvalue weighted by molar-refractivity contribution is 5.81. The fraction of sp³-hybridized carbons (Fsp3) is 0.429. The quantitative estimate of drug-likeness (QED) is 0.827. The maximum Gasteiger partial charge on any atom is 0.416 e. The number of hydrogen-bond acceptors (Lipinski definition) is 1. The van der Waals surface area contributed by atoms with E-state index in [0.717, 1.165) is 18.1 Å². The first-order chi connectivity index (χ1) is 8.79. The maximum atomic E-state index is 12.6. The number of rotatable bonds is 3. The molecule has 104 valence electrons. The third kappa shape index (κ3) is 2.92. The second-order valence-electron chi connectivity index (χ2n) is 5.05. The molecule has 1 heterocycles. The summed E-state index contributed by atoms with van der Waals surface area (Å²) in [6.45, 7) is 2.83. The van der Waals surface area contributed by atoms with Gasteiger partial charge in [0.2, 0.25) is 0 Å². The van der Waals surface area contributed by atoms with Crippen molar-refractivity contribution >= 4 is 10.9 Å². The molecule has 5 heteroatoms. The van der Waals surface area contributed by atoms with Crippen molar-refractivity contribution < 1.29 is 13.2 Å². The fourth-order valence-corrected chi connectivity index (χ4v) is 1.98. The van der Waals surface area contributed by atoms with Crippen molar-refractivity contribution in [3.8, 4) is 0 Å². The molecule has 2 rings (SSSR count). The van der Waals surface area contributed by atoms with E-state index < -0.39 is 11.7 Å². The molecule has 1 aromatic carbocycles. The van der Waals surface area contributed by atoms with Crippen LogP contribution in [0.15, 0.2) is 30.5 Å². The minimum Gasteiger partial charge on any atom is -0.346 e. The van der Waals surface area contributed by atoms with Gasteiger partial charge in [0.15, 0.2) is 0 Å². The number of aromatic nitrogens is 1. The summed E-state index contributed by atoms with van der Waals surface area (Å²) < 4.78 is 39.9. The Bertz CT molecular complexity index is 570. The first kappa shape index (κ1) is 13.9. The Labute approximate surface area is 110 Å². The van der Waals surface area contributed by atoms with Crippen molar-refractivity contribution in [2.24, 2.45) is 0 Å². The van der Waals surface area contributed by atoms with E-state index in [1.54, 1.807) is 12.1 Å². The molecule has 0 amide bonds. The topological polar surface area (TPSA) is 8.17 Å². The molecule has 0 fully saturated rings. The summed E-state index contributed by atoms with van der Waals surface area (Å²) in [6.07, 6.45) is -2.45. The first-order valence-corrected chi connectivity index (χ1v) is 6.11. The second-order valence-corrected chi connectivity index (χ2v) is 5.05. The molecular formula is C14H17F3N2. The van der Waals surface area contributed by atoms with Gasteiger partial charge in [0.05, 0.1) is 5.56 Å². The molecule has 2 aromatic rings. The van der Waals surface area contributed by atoms with Gasteiger partial charge in [0.25, 0.3) is 0 Å². The number of fused-ring (bicyclic) bond motifs is 1. The summed E-state index contributed by atoms with van der Waals surface area (Å²) in [6, 6.07) is 5.93. The summed E-state index contributed by atoms with van der Waals surface area (Å²) in [5.41, 5.74) is 0.236. The molecule has 19 heavy (non-hydrogen) atoms. The highest BCUT2D eigenvalue weighted by atomic mass is 19.4. The van der Waals surface area contributed by atoms with E-state index in [1.165, 1.54) is 6.07 Å². The highest BCUT2D eigenvalue weighted by Gasteiger charge is 2.30. The Hall–Kier alpha value is -1.49. The monoisotopic (exact) mass is 270 g/mol. The van der Waals surface area contributed by atoms with Gasteiger partial charge in [-0.2, -0.15) is 13.2 Å². The van der Waals surface area contributed by atoms with E-state index in [0.29, 0.717) is 11.4 Å². The normalized spacial score (nSPS) is 14.3. The molecule has 0 N–H and O–H groups in total. The van der Waals surface area contributed by atoms with Crippen LogP contribution in [0.5, 0.6) is 0 Å². The second kappa shape index (κ2) is 4.89. The van der Waals surface area contributed by atoms with E-state index >= 15 is 0 Å². The SMILES string of the molecule is C[C@H](Cn1ccc2cc(C(F)(F)F)ccc21)N(C)C. The van der Waals surface area contributed by atoms with Crippen LogP contribution in [-0.4, -0.2) is 29.6 Å². The zero-order valence-corrected chi connectivity index (χ0v) is 11.2. The Morgan fingerprint density at radius 1 is 1.21 bits per heavy atom. The van der Waals surface area contributed by atoms with Gasteiger partial charge in [-0.3, -0.25) is 0 Å². The summed E-state index contributed by atoms with van der Waals surface area (Å²) in [4.78, 5) is 2.08. The molecule has 0 aliphatic heterocycles. The summed E-state index contributed by atoms with van der Waals surface area (Å²) in [5.74, 6) is 0. The van der Waals surface area contributed by atoms with Gasteiger partial charge in [-0.25, -0.2) is 0 Å². The van der Waals surface area contributed by atoms with Crippen LogP contribution in [0.3, 0.4) is 0 Å². The summed E-state index contributed by atoms with van der Waals surface area (Å²) in [5, 5.41) is 0.626. The number of hydrogen-bond donors (Lipinski definition) is 0. The summed E-state index contributed by atoms with van der Waals surface area (Å²) in [7, 11) is 3.97. The maximum absolute atomic E-state index is 12.6. The number of halogens is 3. The molecule has 0 saturated heterocycles. The van der Waals surface area contributed by atoms with E-state index in [9.17, 15) is 13.2 Å². The van der Waals surface area contributed by atoms with Gasteiger partial charge in [-0.15, -0.1) is 0 Å². The van der Waals surface area contributed by atoms with E-state index in [4.69, 9.17) is 0 Å². The lowest BCUT2D eigenvalue weighted by Gasteiger charge is -2.20. The van der Waals surface area contributed by atoms with Crippen LogP contribution in [0.25, 0.3) is 10.9 Å². The average molecular weight is 270 g/mol. The van der Waals surface area contributed by atoms with Gasteiger partial charge in [-0.05, 0) is 45.3 Å². The van der Waals surface area contributed by atoms with Crippen LogP contribution in [0.1, 0.15) is 12.5 Å². The Kier molecular flexibility index (Phi) is 3.58. The van der Waals surface area contributed by atoms with Gasteiger partial charge < -0.3 is 9.47 Å². The van der Waals surface area contributed by atoms with E-state index in [1.807, 2.05) is 24.9 Å². The van der Waals surface area contributed by atoms with Gasteiger partial charge >= 0.3 is 6.18 Å². The molecule has 0 spiro atoms. The lowest BCUT2D eigenvalue weighted by molar-refractivity contribution is -0.137. The summed E-state index contributed by atoms with van der Waals surface area (Å²) >= 11 is 0. The van der Waals surface area contributed by atoms with Crippen molar-refractivity contribution in [3.05, 3.63) is 36.0 Å². The van der Waals surface area contributed by atoms with Crippen LogP contribution >= 0.6 is 0 Å². The predicted octanol–water partition coefficient (Wildman–Crippen LogP) is 3.61. The third-order valence-corrected chi connectivity index (χ3v) is 3.44. The van der Waals surface area contributed by atoms with Gasteiger partial charge in [0.1, 0.15) is 0 Å². The molecule has 0 unspecified atom stereocenters. The van der Waals surface area contributed by atoms with Crippen molar-refractivity contribution in [2.45, 2.75) is 25.7 Å². The fourth-order valence-electron chi connectivity index (χ4n) is 1.98. The Morgan fingerprint density at radius 2 is 1.89 bits per heavy atom. The molecule has 0 saturated carbocycles. The largest absolute Gasteiger partial charge is 0.416 e. The van der Waals surface area contributed by atoms with Gasteiger partial charge in [0, 0.05) is 29.7 Å². The molecule has 0 aliphatic rings. The van der Waals surface area contributed by atoms with E-state index in [2.05, 4.69) is 11.8 Å². The smallest absolute Gasteiger partial charge is 0.346 e. The average Bonchev–Trinajstić information content (AvgIpc) is 2.70. The lowest BCUT2D eigenvalue weighted by Crippen LogP contribution is -2.28. The number of nitrogens with zero attached hydrogens (tertiary/aromatic N) is 2. The van der Waals surface area contributed by atoms with Crippen LogP contribution in [0, 0.1) is 0 Å². The zero-order chi connectivity index (χ0) is 14.2. The van der Waals surface area contributed by atoms with Gasteiger partial charge in [-0.1, -0.05) is 0 Å². The standard InChI is InChI=1S/C14H17F3N2/c1-10(18(2)3)9-19-7-6-11-8-12(14(15,16)17)4-5-13(11)19/h4-8,10H,9H2,1-3H3/t10-/m1/s1. The molecule has 1 atom stereocenters. The minimum absolute atomic E-state index is 0.317. The van der Waals surface area contributed by atoms with Crippen LogP contribution in [-0.2, 0) is 12.7 Å². The Balaban J connectivity index is 2.35. The lowest BCUT2D eigenvalue weighted by atomic mass is 10.1. The van der Waals surface area contributed by atoms with Crippen LogP contribution in [0.4, 0.5) is 13.2 Å². The molecule has 0 bridgehead atoms. The highest BCUT2D eigenvalue weighted by Crippen LogP contribution is 2.31. The Morgan fingerprint density at radius 3 is 2.47 bits per heavy atom. The van der Waals surface area contributed by atoms with Crippen molar-refractivity contribution in [3.63, 3.8) is 0 Å². The van der Waals surface area contributed by atoms with Crippen molar-refractivity contribution in [2.75, 3.05) is 14.1 Å². The molecule has 1 aromatic heterocycles. The zero-order valence-electron chi connectivity index (χ0n) is 11.2. The number of alkyl halides is 3. The molecular weight excluding hydrogens is 253 g/mol. The number of benzene rings is 1. The predicted molar refractivity (Wildman–Crippen MR) is 70.1 cm³/mol. The third-order valence-electron chi connectivity index (χ3n) is 3.44. The molecule has 0 aliphatic carbocycles. The van der Waals surface area contributed by atoms with Crippen molar-refractivity contribution in [1.82, 2.24) is 9.47 Å². The first-order valence-electron chi connectivity index (χ1n) is 6.11. The molecule has 0 radical (unpaired) electrons. The minimum atomic E-state index is -4.28. The number of likely N-dealkylation sites (N-methyl/N-ethyl adjacent to an activating group) is 1. The van der Waals surface area contributed by atoms with E-state index in [-0.39, 0.29) is 0 Å². The van der Waals surface area contributed by atoms with Crippen LogP contribution in [0.2, 0.25) is 0 Å². The van der Waals surface area contributed by atoms with Crippen LogP contribution < -0.4 is 0 Å².